The Balaban J connectivity index is 1.86. The molecule has 2 aromatic heterocycles. The first kappa shape index (κ1) is 20.3. The van der Waals surface area contributed by atoms with Gasteiger partial charge in [-0.05, 0) is 68.8 Å². The molecule has 1 saturated heterocycles. The molecule has 4 rings (SSSR count). The minimum atomic E-state index is -0.337. The third kappa shape index (κ3) is 4.00. The number of benzene rings is 1. The molecule has 1 fully saturated rings. The van der Waals surface area contributed by atoms with Crippen molar-refractivity contribution in [2.24, 2.45) is 0 Å². The molecule has 30 heavy (non-hydrogen) atoms. The maximum Gasteiger partial charge on any atom is 0.260 e. The zero-order valence-electron chi connectivity index (χ0n) is 17.5. The van der Waals surface area contributed by atoms with E-state index in [-0.39, 0.29) is 17.4 Å². The smallest absolute Gasteiger partial charge is 0.260 e. The highest BCUT2D eigenvalue weighted by Gasteiger charge is 2.30. The number of furan rings is 1. The molecule has 3 aromatic rings. The van der Waals surface area contributed by atoms with E-state index in [1.54, 1.807) is 24.0 Å². The van der Waals surface area contributed by atoms with Crippen LogP contribution in [0.4, 0.5) is 0 Å². The van der Waals surface area contributed by atoms with Crippen LogP contribution in [0.3, 0.4) is 0 Å². The molecule has 158 valence electrons. The summed E-state index contributed by atoms with van der Waals surface area (Å²) >= 11 is 0. The van der Waals surface area contributed by atoms with Crippen LogP contribution in [0.5, 0.6) is 11.5 Å². The summed E-state index contributed by atoms with van der Waals surface area (Å²) in [5.74, 6) is 1.47. The van der Waals surface area contributed by atoms with Gasteiger partial charge in [0.05, 0.1) is 31.5 Å². The third-order valence-corrected chi connectivity index (χ3v) is 5.86. The van der Waals surface area contributed by atoms with E-state index in [1.807, 2.05) is 43.3 Å². The van der Waals surface area contributed by atoms with E-state index in [0.29, 0.717) is 23.6 Å². The molecule has 6 nitrogen and oxygen atoms in total. The Morgan fingerprint density at radius 1 is 1.13 bits per heavy atom. The highest BCUT2D eigenvalue weighted by molar-refractivity contribution is 5.43. The largest absolute Gasteiger partial charge is 0.507 e. The van der Waals surface area contributed by atoms with Gasteiger partial charge in [-0.15, -0.1) is 0 Å². The molecule has 0 bridgehead atoms. The normalized spacial score (nSPS) is 15.8. The van der Waals surface area contributed by atoms with E-state index in [4.69, 9.17) is 9.15 Å². The van der Waals surface area contributed by atoms with Crippen LogP contribution in [-0.2, 0) is 6.54 Å². The van der Waals surface area contributed by atoms with Crippen molar-refractivity contribution >= 4 is 0 Å². The molecule has 1 N–H and O–H groups in total. The fourth-order valence-electron chi connectivity index (χ4n) is 4.33. The summed E-state index contributed by atoms with van der Waals surface area (Å²) in [6.45, 7) is 3.92. The second kappa shape index (κ2) is 8.79. The Labute approximate surface area is 176 Å². The van der Waals surface area contributed by atoms with Crippen LogP contribution in [-0.4, -0.2) is 34.8 Å². The fourth-order valence-corrected chi connectivity index (χ4v) is 4.33. The Bertz CT molecular complexity index is 1050. The van der Waals surface area contributed by atoms with Gasteiger partial charge in [-0.3, -0.25) is 9.69 Å². The summed E-state index contributed by atoms with van der Waals surface area (Å²) in [4.78, 5) is 15.9. The molecule has 6 heteroatoms. The number of aryl methyl sites for hydroxylation is 1. The zero-order valence-corrected chi connectivity index (χ0v) is 17.5. The van der Waals surface area contributed by atoms with Crippen molar-refractivity contribution in [1.29, 1.82) is 0 Å². The summed E-state index contributed by atoms with van der Waals surface area (Å²) < 4.78 is 12.6. The summed E-state index contributed by atoms with van der Waals surface area (Å²) in [7, 11) is 1.63. The van der Waals surface area contributed by atoms with E-state index in [0.717, 1.165) is 37.2 Å². The van der Waals surface area contributed by atoms with E-state index >= 15 is 0 Å². The number of ether oxygens (including phenoxy) is 1. The van der Waals surface area contributed by atoms with Crippen molar-refractivity contribution in [3.8, 4) is 11.5 Å². The Hall–Kier alpha value is -2.99. The zero-order chi connectivity index (χ0) is 21.1. The SMILES string of the molecule is COc1cccc([C@H](c2c(O)cc(C)n(Cc3ccco3)c2=O)N2CCCCC2)c1. The van der Waals surface area contributed by atoms with Crippen LogP contribution >= 0.6 is 0 Å². The van der Waals surface area contributed by atoms with E-state index < -0.39 is 0 Å². The number of methoxy groups -OCH3 is 1. The fraction of sp³-hybridized carbons (Fsp3) is 0.375. The maximum absolute atomic E-state index is 13.7. The number of likely N-dealkylation sites (tertiary alicyclic amines) is 1. The van der Waals surface area contributed by atoms with Gasteiger partial charge in [-0.25, -0.2) is 0 Å². The van der Waals surface area contributed by atoms with Crippen LogP contribution in [0.1, 0.15) is 47.9 Å². The summed E-state index contributed by atoms with van der Waals surface area (Å²) in [6.07, 6.45) is 4.94. The van der Waals surface area contributed by atoms with Crippen LogP contribution in [0.15, 0.2) is 57.9 Å². The van der Waals surface area contributed by atoms with Crippen molar-refractivity contribution in [3.05, 3.63) is 81.7 Å². The minimum Gasteiger partial charge on any atom is -0.507 e. The molecule has 1 aliphatic rings. The second-order valence-corrected chi connectivity index (χ2v) is 7.83. The first-order valence-corrected chi connectivity index (χ1v) is 10.4. The predicted octanol–water partition coefficient (Wildman–Crippen LogP) is 4.09. The van der Waals surface area contributed by atoms with Crippen LogP contribution < -0.4 is 10.3 Å². The Kier molecular flexibility index (Phi) is 5.95. The number of aromatic nitrogens is 1. The van der Waals surface area contributed by atoms with Gasteiger partial charge < -0.3 is 18.8 Å². The van der Waals surface area contributed by atoms with Gasteiger partial charge in [-0.1, -0.05) is 18.6 Å². The molecule has 0 aliphatic carbocycles. The topological polar surface area (TPSA) is 67.8 Å². The van der Waals surface area contributed by atoms with Gasteiger partial charge >= 0.3 is 0 Å². The van der Waals surface area contributed by atoms with Gasteiger partial charge in [0, 0.05) is 5.69 Å². The number of nitrogens with zero attached hydrogens (tertiary/aromatic N) is 2. The van der Waals surface area contributed by atoms with Crippen LogP contribution in [0.25, 0.3) is 0 Å². The number of rotatable bonds is 6. The molecule has 1 atom stereocenters. The van der Waals surface area contributed by atoms with Gasteiger partial charge in [0.2, 0.25) is 0 Å². The molecule has 1 aliphatic heterocycles. The van der Waals surface area contributed by atoms with Crippen molar-refractivity contribution < 1.29 is 14.3 Å². The van der Waals surface area contributed by atoms with Gasteiger partial charge in [-0.2, -0.15) is 0 Å². The van der Waals surface area contributed by atoms with Crippen LogP contribution in [0, 0.1) is 6.92 Å². The van der Waals surface area contributed by atoms with Crippen molar-refractivity contribution in [1.82, 2.24) is 9.47 Å². The monoisotopic (exact) mass is 408 g/mol. The standard InChI is InChI=1S/C24H28N2O4/c1-17-14-21(27)22(24(28)26(17)16-20-10-7-13-30-20)23(25-11-4-3-5-12-25)18-8-6-9-19(15-18)29-2/h6-10,13-15,23,27H,3-5,11-12,16H2,1-2H3/t23-/m1/s1. The van der Waals surface area contributed by atoms with Gasteiger partial charge in [0.15, 0.2) is 0 Å². The van der Waals surface area contributed by atoms with Crippen molar-refractivity contribution in [3.63, 3.8) is 0 Å². The van der Waals surface area contributed by atoms with E-state index in [9.17, 15) is 9.90 Å². The second-order valence-electron chi connectivity index (χ2n) is 7.83. The molecular formula is C24H28N2O4. The average Bonchev–Trinajstić information content (AvgIpc) is 3.28. The lowest BCUT2D eigenvalue weighted by atomic mass is 9.94. The highest BCUT2D eigenvalue weighted by Crippen LogP contribution is 2.35. The molecule has 0 unspecified atom stereocenters. The molecule has 1 aromatic carbocycles. The lowest BCUT2D eigenvalue weighted by Crippen LogP contribution is -2.38. The molecule has 0 spiro atoms. The van der Waals surface area contributed by atoms with Crippen molar-refractivity contribution in [2.75, 3.05) is 20.2 Å². The van der Waals surface area contributed by atoms with Crippen LogP contribution in [0.2, 0.25) is 0 Å². The summed E-state index contributed by atoms with van der Waals surface area (Å²) in [6, 6.07) is 12.8. The molecule has 0 amide bonds. The first-order valence-electron chi connectivity index (χ1n) is 10.4. The number of pyridine rings is 1. The predicted molar refractivity (Wildman–Crippen MR) is 115 cm³/mol. The van der Waals surface area contributed by atoms with Gasteiger partial charge in [0.25, 0.3) is 5.56 Å². The average molecular weight is 408 g/mol. The van der Waals surface area contributed by atoms with E-state index in [1.165, 1.54) is 6.42 Å². The number of aromatic hydroxyl groups is 1. The first-order chi connectivity index (χ1) is 14.6. The van der Waals surface area contributed by atoms with Gasteiger partial charge in [0.1, 0.15) is 17.3 Å². The van der Waals surface area contributed by atoms with Crippen molar-refractivity contribution in [2.45, 2.75) is 38.8 Å². The number of hydrogen-bond acceptors (Lipinski definition) is 5. The minimum absolute atomic E-state index is 0.0339. The quantitative estimate of drug-likeness (QED) is 0.665. The highest BCUT2D eigenvalue weighted by atomic mass is 16.5. The lowest BCUT2D eigenvalue weighted by Gasteiger charge is -2.35. The maximum atomic E-state index is 13.7. The molecule has 3 heterocycles. The van der Waals surface area contributed by atoms with E-state index in [2.05, 4.69) is 4.90 Å². The molecular weight excluding hydrogens is 380 g/mol. The summed E-state index contributed by atoms with van der Waals surface area (Å²) in [5, 5.41) is 10.9. The molecule has 0 saturated carbocycles. The third-order valence-electron chi connectivity index (χ3n) is 5.86. The molecule has 0 radical (unpaired) electrons. The summed E-state index contributed by atoms with van der Waals surface area (Å²) in [5.41, 5.74) is 1.85. The number of hydrogen-bond donors (Lipinski definition) is 1. The Morgan fingerprint density at radius 3 is 2.63 bits per heavy atom. The number of piperidine rings is 1. The Morgan fingerprint density at radius 2 is 1.93 bits per heavy atom. The lowest BCUT2D eigenvalue weighted by molar-refractivity contribution is 0.183.